The molecule has 2 aromatic rings. The van der Waals surface area contributed by atoms with E-state index >= 15 is 0 Å². The highest BCUT2D eigenvalue weighted by molar-refractivity contribution is 5.39. The Morgan fingerprint density at radius 2 is 1.80 bits per heavy atom. The van der Waals surface area contributed by atoms with Gasteiger partial charge in [0, 0.05) is 5.56 Å². The smallest absolute Gasteiger partial charge is 0.132 e. The fourth-order valence-electron chi connectivity index (χ4n) is 2.98. The molecule has 1 aliphatic carbocycles. The van der Waals surface area contributed by atoms with Gasteiger partial charge in [0.15, 0.2) is 0 Å². The predicted octanol–water partition coefficient (Wildman–Crippen LogP) is 4.09. The van der Waals surface area contributed by atoms with Crippen molar-refractivity contribution >= 4 is 0 Å². The van der Waals surface area contributed by atoms with Crippen molar-refractivity contribution in [2.24, 2.45) is 0 Å². The lowest BCUT2D eigenvalue weighted by Gasteiger charge is -2.19. The predicted molar refractivity (Wildman–Crippen MR) is 78.3 cm³/mol. The number of hydrogen-bond acceptors (Lipinski definition) is 1. The molecule has 2 aromatic carbocycles. The Morgan fingerprint density at radius 1 is 1.05 bits per heavy atom. The zero-order valence-electron chi connectivity index (χ0n) is 11.7. The molecule has 0 saturated carbocycles. The van der Waals surface area contributed by atoms with Crippen LogP contribution >= 0.6 is 0 Å². The van der Waals surface area contributed by atoms with Gasteiger partial charge in [-0.3, -0.25) is 0 Å². The molecule has 104 valence electrons. The third-order valence-electron chi connectivity index (χ3n) is 4.20. The van der Waals surface area contributed by atoms with Gasteiger partial charge in [0.25, 0.3) is 0 Å². The van der Waals surface area contributed by atoms with E-state index in [1.165, 1.54) is 24.0 Å². The summed E-state index contributed by atoms with van der Waals surface area (Å²) in [5.74, 6) is -0.308. The summed E-state index contributed by atoms with van der Waals surface area (Å²) in [4.78, 5) is 0. The molecule has 0 radical (unpaired) electrons. The summed E-state index contributed by atoms with van der Waals surface area (Å²) in [6.45, 7) is 1.72. The number of aliphatic hydroxyl groups is 1. The molecule has 0 spiro atoms. The van der Waals surface area contributed by atoms with Crippen molar-refractivity contribution < 1.29 is 9.50 Å². The first-order chi connectivity index (χ1) is 9.66. The van der Waals surface area contributed by atoms with Crippen molar-refractivity contribution in [3.8, 4) is 0 Å². The van der Waals surface area contributed by atoms with Crippen molar-refractivity contribution in [3.63, 3.8) is 0 Å². The fourth-order valence-corrected chi connectivity index (χ4v) is 2.98. The molecule has 1 nitrogen and oxygen atoms in total. The van der Waals surface area contributed by atoms with Gasteiger partial charge in [0.1, 0.15) is 11.9 Å². The summed E-state index contributed by atoms with van der Waals surface area (Å²) in [6, 6.07) is 11.2. The quantitative estimate of drug-likeness (QED) is 0.871. The van der Waals surface area contributed by atoms with Crippen LogP contribution in [0, 0.1) is 12.7 Å². The molecule has 0 aromatic heterocycles. The standard InChI is InChI=1S/C18H19FO/c1-12-5-4-8-16(17(12)19)18(20)15-10-9-13-6-2-3-7-14(13)11-15/h4-5,8-11,18,20H,2-3,6-7H2,1H3. The van der Waals surface area contributed by atoms with E-state index in [2.05, 4.69) is 6.07 Å². The van der Waals surface area contributed by atoms with E-state index in [0.717, 1.165) is 18.4 Å². The van der Waals surface area contributed by atoms with Crippen LogP contribution in [0.15, 0.2) is 36.4 Å². The van der Waals surface area contributed by atoms with E-state index < -0.39 is 6.10 Å². The van der Waals surface area contributed by atoms with Gasteiger partial charge in [-0.15, -0.1) is 0 Å². The molecule has 0 amide bonds. The molecular weight excluding hydrogens is 251 g/mol. The lowest BCUT2D eigenvalue weighted by atomic mass is 9.88. The molecule has 20 heavy (non-hydrogen) atoms. The minimum absolute atomic E-state index is 0.308. The summed E-state index contributed by atoms with van der Waals surface area (Å²) in [6.07, 6.45) is 3.73. The van der Waals surface area contributed by atoms with Crippen LogP contribution in [0.1, 0.15) is 46.8 Å². The van der Waals surface area contributed by atoms with Crippen LogP contribution in [0.4, 0.5) is 4.39 Å². The maximum Gasteiger partial charge on any atom is 0.132 e. The van der Waals surface area contributed by atoms with Crippen molar-refractivity contribution in [1.82, 2.24) is 0 Å². The molecule has 0 heterocycles. The highest BCUT2D eigenvalue weighted by Gasteiger charge is 2.18. The molecule has 1 atom stereocenters. The van der Waals surface area contributed by atoms with E-state index in [-0.39, 0.29) is 5.82 Å². The Labute approximate surface area is 119 Å². The monoisotopic (exact) mass is 270 g/mol. The Kier molecular flexibility index (Phi) is 3.58. The topological polar surface area (TPSA) is 20.2 Å². The summed E-state index contributed by atoms with van der Waals surface area (Å²) in [5, 5.41) is 10.5. The van der Waals surface area contributed by atoms with Crippen molar-refractivity contribution in [3.05, 3.63) is 70.0 Å². The Balaban J connectivity index is 1.98. The maximum atomic E-state index is 14.1. The molecule has 1 aliphatic rings. The van der Waals surface area contributed by atoms with Gasteiger partial charge in [0.05, 0.1) is 0 Å². The highest BCUT2D eigenvalue weighted by Crippen LogP contribution is 2.29. The van der Waals surface area contributed by atoms with Crippen LogP contribution in [0.3, 0.4) is 0 Å². The molecule has 2 heteroatoms. The molecule has 1 unspecified atom stereocenters. The number of rotatable bonds is 2. The van der Waals surface area contributed by atoms with E-state index in [0.29, 0.717) is 11.1 Å². The highest BCUT2D eigenvalue weighted by atomic mass is 19.1. The molecule has 0 aliphatic heterocycles. The van der Waals surface area contributed by atoms with Crippen molar-refractivity contribution in [2.45, 2.75) is 38.7 Å². The second-order valence-corrected chi connectivity index (χ2v) is 5.62. The van der Waals surface area contributed by atoms with Crippen LogP contribution in [0.2, 0.25) is 0 Å². The Morgan fingerprint density at radius 3 is 2.60 bits per heavy atom. The second-order valence-electron chi connectivity index (χ2n) is 5.62. The molecule has 3 rings (SSSR count). The molecule has 1 N–H and O–H groups in total. The van der Waals surface area contributed by atoms with Gasteiger partial charge in [0.2, 0.25) is 0 Å². The van der Waals surface area contributed by atoms with Gasteiger partial charge in [-0.2, -0.15) is 0 Å². The zero-order chi connectivity index (χ0) is 14.1. The number of fused-ring (bicyclic) bond motifs is 1. The average molecular weight is 270 g/mol. The normalized spacial score (nSPS) is 15.8. The van der Waals surface area contributed by atoms with Gasteiger partial charge < -0.3 is 5.11 Å². The first kappa shape index (κ1) is 13.3. The third-order valence-corrected chi connectivity index (χ3v) is 4.20. The summed E-state index contributed by atoms with van der Waals surface area (Å²) in [7, 11) is 0. The Hall–Kier alpha value is -1.67. The van der Waals surface area contributed by atoms with Gasteiger partial charge >= 0.3 is 0 Å². The van der Waals surface area contributed by atoms with Gasteiger partial charge in [-0.25, -0.2) is 4.39 Å². The largest absolute Gasteiger partial charge is 0.384 e. The first-order valence-corrected chi connectivity index (χ1v) is 7.21. The number of aliphatic hydroxyl groups excluding tert-OH is 1. The van der Waals surface area contributed by atoms with Crippen molar-refractivity contribution in [1.29, 1.82) is 0 Å². The summed E-state index contributed by atoms with van der Waals surface area (Å²) < 4.78 is 14.1. The van der Waals surface area contributed by atoms with Gasteiger partial charge in [-0.1, -0.05) is 36.4 Å². The third kappa shape index (κ3) is 2.36. The van der Waals surface area contributed by atoms with Crippen molar-refractivity contribution in [2.75, 3.05) is 0 Å². The van der Waals surface area contributed by atoms with E-state index in [1.807, 2.05) is 12.1 Å². The number of aryl methyl sites for hydroxylation is 3. The Bertz CT molecular complexity index is 633. The van der Waals surface area contributed by atoms with Crippen LogP contribution in [-0.2, 0) is 12.8 Å². The van der Waals surface area contributed by atoms with Crippen LogP contribution in [-0.4, -0.2) is 5.11 Å². The minimum atomic E-state index is -0.887. The second kappa shape index (κ2) is 5.37. The lowest BCUT2D eigenvalue weighted by molar-refractivity contribution is 0.214. The fraction of sp³-hybridized carbons (Fsp3) is 0.333. The number of hydrogen-bond donors (Lipinski definition) is 1. The molecule has 0 bridgehead atoms. The minimum Gasteiger partial charge on any atom is -0.384 e. The summed E-state index contributed by atoms with van der Waals surface area (Å²) >= 11 is 0. The molecule has 0 saturated heterocycles. The maximum absolute atomic E-state index is 14.1. The lowest BCUT2D eigenvalue weighted by Crippen LogP contribution is -2.07. The van der Waals surface area contributed by atoms with Crippen LogP contribution in [0.25, 0.3) is 0 Å². The molecular formula is C18H19FO. The molecule has 0 fully saturated rings. The number of benzene rings is 2. The zero-order valence-corrected chi connectivity index (χ0v) is 11.7. The van der Waals surface area contributed by atoms with Crippen LogP contribution in [0.5, 0.6) is 0 Å². The summed E-state index contributed by atoms with van der Waals surface area (Å²) in [5.41, 5.74) is 4.40. The van der Waals surface area contributed by atoms with E-state index in [9.17, 15) is 9.50 Å². The van der Waals surface area contributed by atoms with E-state index in [1.54, 1.807) is 25.1 Å². The van der Waals surface area contributed by atoms with Gasteiger partial charge in [-0.05, 0) is 54.9 Å². The number of halogens is 1. The average Bonchev–Trinajstić information content (AvgIpc) is 2.49. The first-order valence-electron chi connectivity index (χ1n) is 7.21. The van der Waals surface area contributed by atoms with E-state index in [4.69, 9.17) is 0 Å². The van der Waals surface area contributed by atoms with Crippen LogP contribution < -0.4 is 0 Å². The SMILES string of the molecule is Cc1cccc(C(O)c2ccc3c(c2)CCCC3)c1F.